The van der Waals surface area contributed by atoms with Crippen molar-refractivity contribution in [3.05, 3.63) is 48.5 Å². The fourth-order valence-corrected chi connectivity index (χ4v) is 1.78. The van der Waals surface area contributed by atoms with Crippen LogP contribution in [0.1, 0.15) is 6.92 Å². The van der Waals surface area contributed by atoms with Crippen molar-refractivity contribution in [2.24, 2.45) is 0 Å². The number of halogens is 1. The highest BCUT2D eigenvalue weighted by atomic mass is 19.1. The monoisotopic (exact) mass is 263 g/mol. The van der Waals surface area contributed by atoms with Crippen molar-refractivity contribution >= 4 is 0 Å². The fraction of sp³-hybridized carbons (Fsp3) is 0.357. The minimum atomic E-state index is -0.280. The first-order valence-electron chi connectivity index (χ1n) is 6.33. The van der Waals surface area contributed by atoms with Crippen LogP contribution in [0.3, 0.4) is 0 Å². The summed E-state index contributed by atoms with van der Waals surface area (Å²) in [6.07, 6.45) is 3.70. The second kappa shape index (κ2) is 6.89. The molecule has 1 N–H and O–H groups in total. The molecule has 0 aliphatic carbocycles. The summed E-state index contributed by atoms with van der Waals surface area (Å²) in [5.41, 5.74) is 0. The summed E-state index contributed by atoms with van der Waals surface area (Å²) >= 11 is 0. The summed E-state index contributed by atoms with van der Waals surface area (Å²) < 4.78 is 20.2. The second-order valence-electron chi connectivity index (χ2n) is 4.39. The summed E-state index contributed by atoms with van der Waals surface area (Å²) in [5, 5.41) is 7.47. The smallest absolute Gasteiger partial charge is 0.126 e. The largest absolute Gasteiger partial charge is 0.492 e. The van der Waals surface area contributed by atoms with Crippen LogP contribution < -0.4 is 10.1 Å². The maximum Gasteiger partial charge on any atom is 0.126 e. The zero-order chi connectivity index (χ0) is 13.5. The molecular formula is C14H18FN3O. The lowest BCUT2D eigenvalue weighted by molar-refractivity contribution is 0.300. The van der Waals surface area contributed by atoms with Gasteiger partial charge in [-0.15, -0.1) is 0 Å². The number of hydrogen-bond acceptors (Lipinski definition) is 3. The first-order chi connectivity index (χ1) is 9.24. The lowest BCUT2D eigenvalue weighted by Gasteiger charge is -2.14. The van der Waals surface area contributed by atoms with Gasteiger partial charge in [0.05, 0.1) is 6.54 Å². The topological polar surface area (TPSA) is 39.1 Å². The molecule has 0 aliphatic heterocycles. The molecule has 0 spiro atoms. The van der Waals surface area contributed by atoms with Gasteiger partial charge in [0.15, 0.2) is 0 Å². The van der Waals surface area contributed by atoms with Crippen molar-refractivity contribution in [3.63, 3.8) is 0 Å². The Morgan fingerprint density at radius 1 is 1.42 bits per heavy atom. The van der Waals surface area contributed by atoms with E-state index in [4.69, 9.17) is 4.74 Å². The van der Waals surface area contributed by atoms with Gasteiger partial charge in [-0.3, -0.25) is 4.68 Å². The van der Waals surface area contributed by atoms with Gasteiger partial charge in [0.2, 0.25) is 0 Å². The van der Waals surface area contributed by atoms with Gasteiger partial charge in [-0.25, -0.2) is 4.39 Å². The van der Waals surface area contributed by atoms with E-state index in [-0.39, 0.29) is 5.82 Å². The molecule has 1 heterocycles. The number of nitrogens with one attached hydrogen (secondary N) is 1. The number of aromatic nitrogens is 2. The van der Waals surface area contributed by atoms with E-state index in [0.29, 0.717) is 24.9 Å². The molecule has 1 atom stereocenters. The zero-order valence-corrected chi connectivity index (χ0v) is 10.9. The molecule has 1 aromatic heterocycles. The average molecular weight is 263 g/mol. The quantitative estimate of drug-likeness (QED) is 0.777. The highest BCUT2D eigenvalue weighted by Gasteiger charge is 2.02. The lowest BCUT2D eigenvalue weighted by Crippen LogP contribution is -2.33. The first-order valence-corrected chi connectivity index (χ1v) is 6.33. The minimum Gasteiger partial charge on any atom is -0.492 e. The second-order valence-corrected chi connectivity index (χ2v) is 4.39. The van der Waals surface area contributed by atoms with Crippen LogP contribution in [0.4, 0.5) is 4.39 Å². The Kier molecular flexibility index (Phi) is 4.92. The van der Waals surface area contributed by atoms with Gasteiger partial charge >= 0.3 is 0 Å². The molecular weight excluding hydrogens is 245 g/mol. The molecule has 0 amide bonds. The molecule has 2 rings (SSSR count). The number of hydrogen-bond donors (Lipinski definition) is 1. The van der Waals surface area contributed by atoms with Crippen molar-refractivity contribution in [1.29, 1.82) is 0 Å². The maximum absolute atomic E-state index is 12.9. The predicted molar refractivity (Wildman–Crippen MR) is 71.6 cm³/mol. The number of benzene rings is 1. The van der Waals surface area contributed by atoms with Crippen molar-refractivity contribution in [2.75, 3.05) is 13.2 Å². The van der Waals surface area contributed by atoms with Gasteiger partial charge in [0.1, 0.15) is 18.2 Å². The molecule has 0 bridgehead atoms. The Balaban J connectivity index is 1.64. The number of ether oxygens (including phenoxy) is 1. The van der Waals surface area contributed by atoms with Crippen LogP contribution in [0.15, 0.2) is 42.7 Å². The van der Waals surface area contributed by atoms with Gasteiger partial charge in [-0.2, -0.15) is 5.10 Å². The Labute approximate surface area is 112 Å². The highest BCUT2D eigenvalue weighted by Crippen LogP contribution is 2.11. The Morgan fingerprint density at radius 3 is 3.05 bits per heavy atom. The first kappa shape index (κ1) is 13.5. The summed E-state index contributed by atoms with van der Waals surface area (Å²) in [6, 6.07) is 8.37. The molecule has 0 radical (unpaired) electrons. The van der Waals surface area contributed by atoms with Crippen LogP contribution in [0.5, 0.6) is 5.75 Å². The molecule has 1 aromatic carbocycles. The summed E-state index contributed by atoms with van der Waals surface area (Å²) in [7, 11) is 0. The van der Waals surface area contributed by atoms with E-state index in [2.05, 4.69) is 17.3 Å². The van der Waals surface area contributed by atoms with Crippen molar-refractivity contribution in [3.8, 4) is 5.75 Å². The Morgan fingerprint density at radius 2 is 2.32 bits per heavy atom. The van der Waals surface area contributed by atoms with Gasteiger partial charge in [-0.1, -0.05) is 6.07 Å². The van der Waals surface area contributed by atoms with E-state index in [0.717, 1.165) is 6.54 Å². The molecule has 0 aliphatic rings. The van der Waals surface area contributed by atoms with Crippen molar-refractivity contribution in [2.45, 2.75) is 19.5 Å². The molecule has 0 fully saturated rings. The van der Waals surface area contributed by atoms with E-state index in [1.165, 1.54) is 12.1 Å². The lowest BCUT2D eigenvalue weighted by atomic mass is 10.3. The van der Waals surface area contributed by atoms with Crippen molar-refractivity contribution in [1.82, 2.24) is 15.1 Å². The molecule has 19 heavy (non-hydrogen) atoms. The SMILES string of the molecule is CC(Cn1cccn1)NCCOc1cccc(F)c1. The van der Waals surface area contributed by atoms with Crippen LogP contribution in [-0.2, 0) is 6.54 Å². The molecule has 0 saturated carbocycles. The summed E-state index contributed by atoms with van der Waals surface area (Å²) in [5.74, 6) is 0.277. The standard InChI is InChI=1S/C14H18FN3O/c1-12(11-18-8-3-6-17-18)16-7-9-19-14-5-2-4-13(15)10-14/h2-6,8,10,12,16H,7,9,11H2,1H3. The minimum absolute atomic E-state index is 0.280. The maximum atomic E-state index is 12.9. The van der Waals surface area contributed by atoms with E-state index in [9.17, 15) is 4.39 Å². The van der Waals surface area contributed by atoms with Crippen LogP contribution in [0.25, 0.3) is 0 Å². The molecule has 102 valence electrons. The van der Waals surface area contributed by atoms with E-state index >= 15 is 0 Å². The van der Waals surface area contributed by atoms with Crippen LogP contribution in [0.2, 0.25) is 0 Å². The van der Waals surface area contributed by atoms with Gasteiger partial charge in [0.25, 0.3) is 0 Å². The molecule has 0 saturated heterocycles. The third kappa shape index (κ3) is 4.71. The Bertz CT molecular complexity index is 487. The van der Waals surface area contributed by atoms with Crippen LogP contribution >= 0.6 is 0 Å². The van der Waals surface area contributed by atoms with E-state index in [1.807, 2.05) is 16.9 Å². The van der Waals surface area contributed by atoms with E-state index < -0.39 is 0 Å². The summed E-state index contributed by atoms with van der Waals surface area (Å²) in [6.45, 7) is 4.11. The fourth-order valence-electron chi connectivity index (χ4n) is 1.78. The van der Waals surface area contributed by atoms with Crippen LogP contribution in [-0.4, -0.2) is 29.0 Å². The average Bonchev–Trinajstić information content (AvgIpc) is 2.87. The molecule has 2 aromatic rings. The number of rotatable bonds is 7. The highest BCUT2D eigenvalue weighted by molar-refractivity contribution is 5.22. The predicted octanol–water partition coefficient (Wildman–Crippen LogP) is 2.08. The molecule has 1 unspecified atom stereocenters. The normalized spacial score (nSPS) is 12.3. The van der Waals surface area contributed by atoms with Gasteiger partial charge in [0, 0.05) is 31.0 Å². The van der Waals surface area contributed by atoms with Gasteiger partial charge in [-0.05, 0) is 25.1 Å². The van der Waals surface area contributed by atoms with Crippen molar-refractivity contribution < 1.29 is 9.13 Å². The summed E-state index contributed by atoms with van der Waals surface area (Å²) in [4.78, 5) is 0. The third-order valence-corrected chi connectivity index (χ3v) is 2.68. The van der Waals surface area contributed by atoms with Gasteiger partial charge < -0.3 is 10.1 Å². The third-order valence-electron chi connectivity index (χ3n) is 2.68. The zero-order valence-electron chi connectivity index (χ0n) is 10.9. The molecule has 5 heteroatoms. The Hall–Kier alpha value is -1.88. The molecule has 4 nitrogen and oxygen atoms in total. The van der Waals surface area contributed by atoms with Crippen LogP contribution in [0, 0.1) is 5.82 Å². The number of nitrogens with zero attached hydrogens (tertiary/aromatic N) is 2. The van der Waals surface area contributed by atoms with E-state index in [1.54, 1.807) is 18.3 Å².